The highest BCUT2D eigenvalue weighted by molar-refractivity contribution is 6.31. The first kappa shape index (κ1) is 19.4. The zero-order valence-corrected chi connectivity index (χ0v) is 16.2. The number of benzene rings is 3. The van der Waals surface area contributed by atoms with Crippen molar-refractivity contribution < 1.29 is 4.79 Å². The monoisotopic (exact) mass is 386 g/mol. The fourth-order valence-corrected chi connectivity index (χ4v) is 2.95. The minimum absolute atomic E-state index is 0.0550. The van der Waals surface area contributed by atoms with Gasteiger partial charge >= 0.3 is 0 Å². The van der Waals surface area contributed by atoms with Crippen molar-refractivity contribution in [3.8, 4) is 6.07 Å². The third kappa shape index (κ3) is 5.09. The number of amides is 1. The molecule has 0 aliphatic heterocycles. The van der Waals surface area contributed by atoms with Crippen molar-refractivity contribution in [2.24, 2.45) is 0 Å². The molecule has 0 fully saturated rings. The third-order valence-electron chi connectivity index (χ3n) is 4.32. The molecule has 4 heteroatoms. The van der Waals surface area contributed by atoms with E-state index in [0.29, 0.717) is 5.69 Å². The van der Waals surface area contributed by atoms with E-state index >= 15 is 0 Å². The number of carbonyl (C=O) groups excluding carboxylic acids is 1. The average molecular weight is 387 g/mol. The van der Waals surface area contributed by atoms with Crippen molar-refractivity contribution in [1.29, 1.82) is 5.26 Å². The van der Waals surface area contributed by atoms with Crippen LogP contribution in [0.15, 0.2) is 78.4 Å². The molecule has 1 N–H and O–H groups in total. The number of aryl methyl sites for hydroxylation is 1. The predicted molar refractivity (Wildman–Crippen MR) is 114 cm³/mol. The molecule has 0 unspecified atom stereocenters. The quantitative estimate of drug-likeness (QED) is 0.446. The lowest BCUT2D eigenvalue weighted by atomic mass is 10.0. The lowest BCUT2D eigenvalue weighted by Gasteiger charge is -2.06. The fraction of sp³-hybridized carbons (Fsp3) is 0.0833. The van der Waals surface area contributed by atoms with E-state index in [2.05, 4.69) is 5.32 Å². The van der Waals surface area contributed by atoms with Crippen LogP contribution in [0, 0.1) is 18.3 Å². The Morgan fingerprint density at radius 2 is 1.71 bits per heavy atom. The molecule has 0 bridgehead atoms. The van der Waals surface area contributed by atoms with Gasteiger partial charge in [-0.05, 0) is 54.3 Å². The van der Waals surface area contributed by atoms with Gasteiger partial charge in [0.05, 0.1) is 0 Å². The highest BCUT2D eigenvalue weighted by atomic mass is 35.5. The van der Waals surface area contributed by atoms with E-state index in [1.165, 1.54) is 0 Å². The average Bonchev–Trinajstić information content (AvgIpc) is 2.70. The number of anilines is 1. The summed E-state index contributed by atoms with van der Waals surface area (Å²) in [6.45, 7) is 1.97. The van der Waals surface area contributed by atoms with E-state index in [4.69, 9.17) is 11.6 Å². The minimum Gasteiger partial charge on any atom is -0.321 e. The second kappa shape index (κ2) is 9.03. The number of halogens is 1. The van der Waals surface area contributed by atoms with Crippen LogP contribution in [0.3, 0.4) is 0 Å². The Labute approximate surface area is 169 Å². The molecule has 0 spiro atoms. The van der Waals surface area contributed by atoms with Gasteiger partial charge < -0.3 is 5.32 Å². The van der Waals surface area contributed by atoms with Crippen LogP contribution in [0.25, 0.3) is 6.08 Å². The Bertz CT molecular complexity index is 1050. The summed E-state index contributed by atoms with van der Waals surface area (Å²) in [6.07, 6.45) is 2.31. The number of hydrogen-bond donors (Lipinski definition) is 1. The van der Waals surface area contributed by atoms with Crippen LogP contribution >= 0.6 is 11.6 Å². The van der Waals surface area contributed by atoms with E-state index in [1.807, 2.05) is 85.8 Å². The first-order valence-corrected chi connectivity index (χ1v) is 9.25. The van der Waals surface area contributed by atoms with E-state index in [-0.39, 0.29) is 5.57 Å². The van der Waals surface area contributed by atoms with Crippen LogP contribution in [0.4, 0.5) is 5.69 Å². The summed E-state index contributed by atoms with van der Waals surface area (Å²) in [5, 5.41) is 12.9. The Kier molecular flexibility index (Phi) is 6.26. The first-order chi connectivity index (χ1) is 13.5. The number of nitrogens with one attached hydrogen (secondary N) is 1. The SMILES string of the molecule is Cc1ccc(NC(=O)/C(C#N)=C/c2ccc(Cc3ccccc3Cl)cc2)cc1. The van der Waals surface area contributed by atoms with Crippen LogP contribution in [0.1, 0.15) is 22.3 Å². The molecule has 138 valence electrons. The van der Waals surface area contributed by atoms with E-state index in [1.54, 1.807) is 6.08 Å². The van der Waals surface area contributed by atoms with Gasteiger partial charge in [-0.25, -0.2) is 0 Å². The molecule has 3 aromatic rings. The molecular weight excluding hydrogens is 368 g/mol. The van der Waals surface area contributed by atoms with Gasteiger partial charge in [-0.1, -0.05) is 71.8 Å². The van der Waals surface area contributed by atoms with Gasteiger partial charge in [0.2, 0.25) is 0 Å². The molecule has 0 radical (unpaired) electrons. The van der Waals surface area contributed by atoms with Crippen molar-refractivity contribution >= 4 is 29.3 Å². The number of carbonyl (C=O) groups is 1. The van der Waals surface area contributed by atoms with Gasteiger partial charge in [-0.3, -0.25) is 4.79 Å². The standard InChI is InChI=1S/C24H19ClN2O/c1-17-6-12-22(13-7-17)27-24(28)21(16-26)15-19-10-8-18(9-11-19)14-20-4-2-3-5-23(20)25/h2-13,15H,14H2,1H3,(H,27,28)/b21-15+. The number of rotatable bonds is 5. The topological polar surface area (TPSA) is 52.9 Å². The summed E-state index contributed by atoms with van der Waals surface area (Å²) in [5.41, 5.74) is 4.77. The summed E-state index contributed by atoms with van der Waals surface area (Å²) in [6, 6.07) is 24.9. The minimum atomic E-state index is -0.425. The van der Waals surface area contributed by atoms with Crippen molar-refractivity contribution in [2.75, 3.05) is 5.32 Å². The summed E-state index contributed by atoms with van der Waals surface area (Å²) in [5.74, 6) is -0.425. The maximum atomic E-state index is 12.4. The lowest BCUT2D eigenvalue weighted by molar-refractivity contribution is -0.112. The first-order valence-electron chi connectivity index (χ1n) is 8.87. The molecule has 0 saturated heterocycles. The van der Waals surface area contributed by atoms with Gasteiger partial charge in [0, 0.05) is 10.7 Å². The lowest BCUT2D eigenvalue weighted by Crippen LogP contribution is -2.13. The highest BCUT2D eigenvalue weighted by Gasteiger charge is 2.09. The zero-order valence-electron chi connectivity index (χ0n) is 15.4. The van der Waals surface area contributed by atoms with Crippen molar-refractivity contribution in [1.82, 2.24) is 0 Å². The number of nitriles is 1. The maximum Gasteiger partial charge on any atom is 0.266 e. The Morgan fingerprint density at radius 1 is 1.04 bits per heavy atom. The molecule has 0 atom stereocenters. The normalized spacial score (nSPS) is 11.0. The molecule has 0 saturated carbocycles. The van der Waals surface area contributed by atoms with E-state index in [9.17, 15) is 10.1 Å². The second-order valence-electron chi connectivity index (χ2n) is 6.50. The molecule has 3 rings (SSSR count). The Balaban J connectivity index is 1.72. The Hall–Kier alpha value is -3.35. The van der Waals surface area contributed by atoms with Gasteiger partial charge in [0.1, 0.15) is 11.6 Å². The maximum absolute atomic E-state index is 12.4. The summed E-state index contributed by atoms with van der Waals surface area (Å²) >= 11 is 6.21. The van der Waals surface area contributed by atoms with Crippen LogP contribution in [0.2, 0.25) is 5.02 Å². The fourth-order valence-electron chi connectivity index (χ4n) is 2.74. The zero-order chi connectivity index (χ0) is 19.9. The molecule has 0 aliphatic carbocycles. The van der Waals surface area contributed by atoms with Gasteiger partial charge in [0.15, 0.2) is 0 Å². The summed E-state index contributed by atoms with van der Waals surface area (Å²) < 4.78 is 0. The molecular formula is C24H19ClN2O. The Morgan fingerprint density at radius 3 is 2.36 bits per heavy atom. The van der Waals surface area contributed by atoms with Crippen molar-refractivity contribution in [3.63, 3.8) is 0 Å². The van der Waals surface area contributed by atoms with Crippen LogP contribution in [0.5, 0.6) is 0 Å². The van der Waals surface area contributed by atoms with Gasteiger partial charge in [0.25, 0.3) is 5.91 Å². The highest BCUT2D eigenvalue weighted by Crippen LogP contribution is 2.20. The number of hydrogen-bond acceptors (Lipinski definition) is 2. The molecule has 3 nitrogen and oxygen atoms in total. The molecule has 3 aromatic carbocycles. The summed E-state index contributed by atoms with van der Waals surface area (Å²) in [4.78, 5) is 12.4. The van der Waals surface area contributed by atoms with Crippen molar-refractivity contribution in [3.05, 3.63) is 106 Å². The van der Waals surface area contributed by atoms with Crippen LogP contribution in [-0.2, 0) is 11.2 Å². The number of nitrogens with zero attached hydrogens (tertiary/aromatic N) is 1. The third-order valence-corrected chi connectivity index (χ3v) is 4.69. The van der Waals surface area contributed by atoms with Gasteiger partial charge in [-0.15, -0.1) is 0 Å². The smallest absolute Gasteiger partial charge is 0.266 e. The molecule has 0 aromatic heterocycles. The van der Waals surface area contributed by atoms with Crippen LogP contribution in [-0.4, -0.2) is 5.91 Å². The molecule has 1 amide bonds. The van der Waals surface area contributed by atoms with E-state index < -0.39 is 5.91 Å². The largest absolute Gasteiger partial charge is 0.321 e. The van der Waals surface area contributed by atoms with Crippen molar-refractivity contribution in [2.45, 2.75) is 13.3 Å². The predicted octanol–water partition coefficient (Wildman–Crippen LogP) is 5.78. The molecule has 0 aliphatic rings. The van der Waals surface area contributed by atoms with Gasteiger partial charge in [-0.2, -0.15) is 5.26 Å². The molecule has 0 heterocycles. The van der Waals surface area contributed by atoms with Crippen LogP contribution < -0.4 is 5.32 Å². The second-order valence-corrected chi connectivity index (χ2v) is 6.91. The van der Waals surface area contributed by atoms with E-state index in [0.717, 1.165) is 33.7 Å². The summed E-state index contributed by atoms with van der Waals surface area (Å²) in [7, 11) is 0. The molecule has 28 heavy (non-hydrogen) atoms.